The minimum atomic E-state index is 1.09. The van der Waals surface area contributed by atoms with Crippen molar-refractivity contribution < 1.29 is 0 Å². The molecule has 1 N–H and O–H groups in total. The van der Waals surface area contributed by atoms with Crippen molar-refractivity contribution in [3.05, 3.63) is 11.6 Å². The van der Waals surface area contributed by atoms with E-state index < -0.39 is 0 Å². The van der Waals surface area contributed by atoms with Gasteiger partial charge in [-0.1, -0.05) is 78.9 Å². The first-order chi connectivity index (χ1) is 8.64. The number of rotatable bonds is 7. The monoisotopic (exact) mass is 257 g/mol. The summed E-state index contributed by atoms with van der Waals surface area (Å²) in [4.78, 5) is 0. The third-order valence-corrected chi connectivity index (χ3v) is 2.57. The highest BCUT2D eigenvalue weighted by molar-refractivity contribution is 4.95. The van der Waals surface area contributed by atoms with Gasteiger partial charge in [-0.3, -0.25) is 0 Å². The molecule has 0 saturated carbocycles. The van der Waals surface area contributed by atoms with Crippen molar-refractivity contribution in [3.63, 3.8) is 0 Å². The maximum Gasteiger partial charge on any atom is -0.00775 e. The molecule has 0 bridgehead atoms. The molecule has 0 aromatic rings. The highest BCUT2D eigenvalue weighted by Crippen LogP contribution is 1.97. The van der Waals surface area contributed by atoms with Gasteiger partial charge in [0.15, 0.2) is 0 Å². The highest BCUT2D eigenvalue weighted by atomic mass is 14.8. The van der Waals surface area contributed by atoms with Gasteiger partial charge in [0.2, 0.25) is 0 Å². The predicted octanol–water partition coefficient (Wildman–Crippen LogP) is 5.96. The lowest BCUT2D eigenvalue weighted by Gasteiger charge is -1.88. The van der Waals surface area contributed by atoms with Crippen LogP contribution in [0, 0.1) is 0 Å². The second-order valence-electron chi connectivity index (χ2n) is 4.48. The average Bonchev–Trinajstić information content (AvgIpc) is 2.39. The van der Waals surface area contributed by atoms with Gasteiger partial charge in [-0.2, -0.15) is 0 Å². The highest BCUT2D eigenvalue weighted by Gasteiger charge is 1.76. The Labute approximate surface area is 117 Å². The van der Waals surface area contributed by atoms with Crippen molar-refractivity contribution in [1.29, 1.82) is 0 Å². The Balaban J connectivity index is -0.000000190. The van der Waals surface area contributed by atoms with Gasteiger partial charge in [-0.25, -0.2) is 0 Å². The molecule has 0 unspecified atom stereocenters. The zero-order chi connectivity index (χ0) is 14.6. The van der Waals surface area contributed by atoms with Crippen LogP contribution in [0.5, 0.6) is 0 Å². The van der Waals surface area contributed by atoms with E-state index in [9.17, 15) is 0 Å². The van der Waals surface area contributed by atoms with E-state index in [2.05, 4.69) is 59.9 Å². The molecule has 0 fully saturated rings. The Kier molecular flexibility index (Phi) is 32.4. The molecule has 0 heterocycles. The Morgan fingerprint density at radius 1 is 0.833 bits per heavy atom. The van der Waals surface area contributed by atoms with E-state index in [0.717, 1.165) is 13.1 Å². The standard InChI is InChI=1S/C7H14.C6H14.C4H11N/c1-4-6-7(3)5-2;1-3-5-6-4-2;1-3-5-4-2/h6H,4-5H2,1-3H3;3-6H2,1-2H3;5H,3-4H2,1-2H3. The average molecular weight is 258 g/mol. The van der Waals surface area contributed by atoms with E-state index in [1.54, 1.807) is 0 Å². The Hall–Kier alpha value is -0.300. The van der Waals surface area contributed by atoms with Crippen LogP contribution in [0.2, 0.25) is 0 Å². The molecule has 0 saturated heterocycles. The summed E-state index contributed by atoms with van der Waals surface area (Å²) in [5.74, 6) is 0. The molecule has 18 heavy (non-hydrogen) atoms. The van der Waals surface area contributed by atoms with Gasteiger partial charge in [-0.15, -0.1) is 0 Å². The topological polar surface area (TPSA) is 12.0 Å². The molecule has 0 spiro atoms. The first-order valence-corrected chi connectivity index (χ1v) is 8.00. The summed E-state index contributed by atoms with van der Waals surface area (Å²) in [6.07, 6.45) is 10.2. The van der Waals surface area contributed by atoms with E-state index in [1.807, 2.05) is 0 Å². The van der Waals surface area contributed by atoms with Crippen molar-refractivity contribution >= 4 is 0 Å². The quantitative estimate of drug-likeness (QED) is 0.438. The Bertz CT molecular complexity index is 133. The second kappa shape index (κ2) is 25.5. The molecular weight excluding hydrogens is 218 g/mol. The third kappa shape index (κ3) is 36.1. The number of nitrogens with one attached hydrogen (secondary N) is 1. The fourth-order valence-corrected chi connectivity index (χ4v) is 1.24. The van der Waals surface area contributed by atoms with Gasteiger partial charge in [0.05, 0.1) is 0 Å². The van der Waals surface area contributed by atoms with Crippen LogP contribution in [-0.4, -0.2) is 13.1 Å². The molecule has 0 aromatic carbocycles. The van der Waals surface area contributed by atoms with E-state index in [4.69, 9.17) is 0 Å². The van der Waals surface area contributed by atoms with Crippen LogP contribution in [-0.2, 0) is 0 Å². The summed E-state index contributed by atoms with van der Waals surface area (Å²) in [6.45, 7) is 17.4. The van der Waals surface area contributed by atoms with Crippen molar-refractivity contribution in [2.24, 2.45) is 0 Å². The van der Waals surface area contributed by atoms with Crippen molar-refractivity contribution in [2.45, 2.75) is 87.0 Å². The van der Waals surface area contributed by atoms with Gasteiger partial charge in [-0.05, 0) is 32.9 Å². The van der Waals surface area contributed by atoms with Crippen LogP contribution < -0.4 is 5.32 Å². The van der Waals surface area contributed by atoms with Crippen molar-refractivity contribution in [3.8, 4) is 0 Å². The van der Waals surface area contributed by atoms with E-state index >= 15 is 0 Å². The summed E-state index contributed by atoms with van der Waals surface area (Å²) in [7, 11) is 0. The molecule has 0 aliphatic carbocycles. The zero-order valence-electron chi connectivity index (χ0n) is 14.2. The van der Waals surface area contributed by atoms with Crippen LogP contribution >= 0.6 is 0 Å². The van der Waals surface area contributed by atoms with E-state index in [0.29, 0.717) is 0 Å². The minimum Gasteiger partial charge on any atom is -0.317 e. The van der Waals surface area contributed by atoms with Gasteiger partial charge in [0, 0.05) is 0 Å². The van der Waals surface area contributed by atoms with Crippen LogP contribution in [0.25, 0.3) is 0 Å². The normalized spacial score (nSPS) is 10.1. The number of hydrogen-bond acceptors (Lipinski definition) is 1. The molecule has 0 atom stereocenters. The van der Waals surface area contributed by atoms with Crippen LogP contribution in [0.1, 0.15) is 87.0 Å². The Morgan fingerprint density at radius 2 is 1.28 bits per heavy atom. The van der Waals surface area contributed by atoms with E-state index in [1.165, 1.54) is 44.1 Å². The fourth-order valence-electron chi connectivity index (χ4n) is 1.24. The number of hydrogen-bond donors (Lipinski definition) is 1. The van der Waals surface area contributed by atoms with Crippen molar-refractivity contribution in [1.82, 2.24) is 5.32 Å². The molecule has 0 rings (SSSR count). The lowest BCUT2D eigenvalue weighted by atomic mass is 10.2. The van der Waals surface area contributed by atoms with Gasteiger partial charge >= 0.3 is 0 Å². The maximum absolute atomic E-state index is 3.11. The first kappa shape index (κ1) is 22.8. The van der Waals surface area contributed by atoms with Crippen LogP contribution in [0.3, 0.4) is 0 Å². The second-order valence-corrected chi connectivity index (χ2v) is 4.48. The summed E-state index contributed by atoms with van der Waals surface area (Å²) in [5.41, 5.74) is 1.50. The molecule has 1 heteroatoms. The lowest BCUT2D eigenvalue weighted by Crippen LogP contribution is -2.09. The smallest absolute Gasteiger partial charge is 0.00775 e. The minimum absolute atomic E-state index is 1.09. The van der Waals surface area contributed by atoms with Gasteiger partial charge in [0.25, 0.3) is 0 Å². The summed E-state index contributed by atoms with van der Waals surface area (Å²) in [5, 5.41) is 3.11. The maximum atomic E-state index is 3.11. The van der Waals surface area contributed by atoms with Gasteiger partial charge < -0.3 is 5.32 Å². The summed E-state index contributed by atoms with van der Waals surface area (Å²) >= 11 is 0. The molecule has 1 nitrogen and oxygen atoms in total. The third-order valence-electron chi connectivity index (χ3n) is 2.57. The predicted molar refractivity (Wildman–Crippen MR) is 88.4 cm³/mol. The van der Waals surface area contributed by atoms with E-state index in [-0.39, 0.29) is 0 Å². The molecule has 0 radical (unpaired) electrons. The fraction of sp³-hybridized carbons (Fsp3) is 0.882. The number of allylic oxidation sites excluding steroid dienone is 2. The van der Waals surface area contributed by atoms with Gasteiger partial charge in [0.1, 0.15) is 0 Å². The van der Waals surface area contributed by atoms with Crippen LogP contribution in [0.4, 0.5) is 0 Å². The van der Waals surface area contributed by atoms with Crippen LogP contribution in [0.15, 0.2) is 11.6 Å². The SMILES string of the molecule is CCC=C(C)CC.CCCCCC.CCNCC. The molecule has 0 aliphatic rings. The largest absolute Gasteiger partial charge is 0.317 e. The first-order valence-electron chi connectivity index (χ1n) is 8.00. The van der Waals surface area contributed by atoms with Crippen molar-refractivity contribution in [2.75, 3.05) is 13.1 Å². The summed E-state index contributed by atoms with van der Waals surface area (Å²) in [6, 6.07) is 0. The molecule has 0 amide bonds. The number of unbranched alkanes of at least 4 members (excludes halogenated alkanes) is 3. The molecule has 112 valence electrons. The summed E-state index contributed by atoms with van der Waals surface area (Å²) < 4.78 is 0. The lowest BCUT2D eigenvalue weighted by molar-refractivity contribution is 0.702. The molecule has 0 aliphatic heterocycles. The zero-order valence-corrected chi connectivity index (χ0v) is 14.2. The molecule has 0 aromatic heterocycles. The Morgan fingerprint density at radius 3 is 1.39 bits per heavy atom. The molecular formula is C17H39N.